The zero-order valence-corrected chi connectivity index (χ0v) is 10.7. The maximum Gasteiger partial charge on any atom is 0.333 e. The molecule has 2 fully saturated rings. The second kappa shape index (κ2) is 3.52. The highest BCUT2D eigenvalue weighted by Gasteiger charge is 2.49. The lowest BCUT2D eigenvalue weighted by atomic mass is 9.67. The van der Waals surface area contributed by atoms with Gasteiger partial charge in [-0.05, 0) is 30.6 Å². The molecule has 0 aromatic rings. The first kappa shape index (κ1) is 10.9. The zero-order valence-electron chi connectivity index (χ0n) is 10.7. The van der Waals surface area contributed by atoms with Gasteiger partial charge in [0.1, 0.15) is 6.20 Å². The van der Waals surface area contributed by atoms with E-state index in [0.29, 0.717) is 30.3 Å². The van der Waals surface area contributed by atoms with Crippen molar-refractivity contribution in [1.82, 2.24) is 0 Å². The maximum atomic E-state index is 12.6. The Morgan fingerprint density at radius 3 is 3.17 bits per heavy atom. The van der Waals surface area contributed by atoms with E-state index in [4.69, 9.17) is 0 Å². The van der Waals surface area contributed by atoms with Crippen LogP contribution in [0.3, 0.4) is 0 Å². The van der Waals surface area contributed by atoms with Crippen molar-refractivity contribution in [3.8, 4) is 0 Å². The molecule has 0 radical (unpaired) electrons. The first-order valence-corrected chi connectivity index (χ1v) is 7.11. The van der Waals surface area contributed by atoms with Gasteiger partial charge in [-0.1, -0.05) is 19.8 Å². The molecule has 0 aromatic heterocycles. The Balaban J connectivity index is 1.77. The summed E-state index contributed by atoms with van der Waals surface area (Å²) in [5.41, 5.74) is 1.27. The lowest BCUT2D eigenvalue weighted by Gasteiger charge is -2.47. The maximum absolute atomic E-state index is 12.6. The summed E-state index contributed by atoms with van der Waals surface area (Å²) in [6.45, 7) is 2.91. The summed E-state index contributed by atoms with van der Waals surface area (Å²) < 4.78 is -0.413. The van der Waals surface area contributed by atoms with E-state index in [9.17, 15) is 5.21 Å². The van der Waals surface area contributed by atoms with Gasteiger partial charge in [-0.3, -0.25) is 4.65 Å². The van der Waals surface area contributed by atoms with Crippen LogP contribution in [0.4, 0.5) is 0 Å². The highest BCUT2D eigenvalue weighted by atomic mass is 16.6. The van der Waals surface area contributed by atoms with Crippen molar-refractivity contribution in [2.24, 2.45) is 33.7 Å². The Morgan fingerprint density at radius 2 is 2.28 bits per heavy atom. The third-order valence-corrected chi connectivity index (χ3v) is 5.31. The molecule has 0 amide bonds. The van der Waals surface area contributed by atoms with Gasteiger partial charge in [-0.25, -0.2) is 0 Å². The van der Waals surface area contributed by atoms with Gasteiger partial charge in [0.15, 0.2) is 0 Å². The van der Waals surface area contributed by atoms with Crippen molar-refractivity contribution in [2.45, 2.75) is 32.6 Å². The Kier molecular flexibility index (Phi) is 2.12. The number of hydrogen-bond donors (Lipinski definition) is 0. The number of quaternary nitrogens is 1. The smallest absolute Gasteiger partial charge is 0.333 e. The van der Waals surface area contributed by atoms with Gasteiger partial charge in [0, 0.05) is 5.71 Å². The van der Waals surface area contributed by atoms with Crippen LogP contribution in [0.15, 0.2) is 22.4 Å². The molecule has 0 spiro atoms. The molecule has 2 heterocycles. The number of rotatable bonds is 0. The molecule has 4 heteroatoms. The first-order chi connectivity index (χ1) is 8.67. The molecular formula is C14H19N3O. The van der Waals surface area contributed by atoms with Gasteiger partial charge < -0.3 is 5.21 Å². The lowest BCUT2D eigenvalue weighted by Crippen LogP contribution is -2.54. The Bertz CT molecular complexity index is 481. The second-order valence-corrected chi connectivity index (χ2v) is 6.34. The minimum absolute atomic E-state index is 0.403. The van der Waals surface area contributed by atoms with E-state index in [0.717, 1.165) is 5.92 Å². The molecule has 2 aliphatic carbocycles. The van der Waals surface area contributed by atoms with E-state index in [1.165, 1.54) is 31.4 Å². The minimum Gasteiger partial charge on any atom is -0.620 e. The van der Waals surface area contributed by atoms with Crippen molar-refractivity contribution >= 4 is 11.7 Å². The zero-order chi connectivity index (χ0) is 12.3. The molecule has 4 rings (SSSR count). The summed E-state index contributed by atoms with van der Waals surface area (Å²) in [7, 11) is 0. The van der Waals surface area contributed by atoms with E-state index in [1.54, 1.807) is 12.4 Å². The van der Waals surface area contributed by atoms with Crippen LogP contribution in [-0.2, 0) is 0 Å². The van der Waals surface area contributed by atoms with Crippen LogP contribution in [0, 0.1) is 28.9 Å². The van der Waals surface area contributed by atoms with E-state index >= 15 is 0 Å². The van der Waals surface area contributed by atoms with Crippen LogP contribution in [0.25, 0.3) is 0 Å². The molecule has 0 N–H and O–H groups in total. The fourth-order valence-corrected chi connectivity index (χ4v) is 4.51. The van der Waals surface area contributed by atoms with Crippen molar-refractivity contribution in [3.63, 3.8) is 0 Å². The highest BCUT2D eigenvalue weighted by Crippen LogP contribution is 2.48. The molecule has 4 nitrogen and oxygen atoms in total. The molecule has 2 saturated carbocycles. The summed E-state index contributed by atoms with van der Waals surface area (Å²) in [5.74, 6) is 2.94. The Morgan fingerprint density at radius 1 is 1.39 bits per heavy atom. The topological polar surface area (TPSA) is 47.8 Å². The normalized spacial score (nSPS) is 49.2. The summed E-state index contributed by atoms with van der Waals surface area (Å²) in [6.07, 6.45) is 8.52. The molecule has 5 atom stereocenters. The van der Waals surface area contributed by atoms with Gasteiger partial charge in [0.05, 0.1) is 18.7 Å². The third-order valence-electron chi connectivity index (χ3n) is 5.31. The average molecular weight is 245 g/mol. The molecular weight excluding hydrogens is 226 g/mol. The van der Waals surface area contributed by atoms with Crippen molar-refractivity contribution < 1.29 is 4.65 Å². The number of hydroxylamine groups is 3. The molecule has 96 valence electrons. The quantitative estimate of drug-likeness (QED) is 0.478. The SMILES string of the molecule is CC1CC2CCCC2C2C[N+]3([O-])C=CN=C3N=C12. The number of nitrogens with zero attached hydrogens (tertiary/aromatic N) is 3. The number of guanidine groups is 1. The van der Waals surface area contributed by atoms with Gasteiger partial charge in [0.2, 0.25) is 0 Å². The summed E-state index contributed by atoms with van der Waals surface area (Å²) >= 11 is 0. The molecule has 0 bridgehead atoms. The van der Waals surface area contributed by atoms with E-state index in [1.807, 2.05) is 0 Å². The predicted molar refractivity (Wildman–Crippen MR) is 70.6 cm³/mol. The largest absolute Gasteiger partial charge is 0.620 e. The Hall–Kier alpha value is -1.00. The fraction of sp³-hybridized carbons (Fsp3) is 0.714. The second-order valence-electron chi connectivity index (χ2n) is 6.34. The Labute approximate surface area is 107 Å². The number of hydrogen-bond acceptors (Lipinski definition) is 3. The lowest BCUT2D eigenvalue weighted by molar-refractivity contribution is -0.737. The molecule has 18 heavy (non-hydrogen) atoms. The van der Waals surface area contributed by atoms with Crippen LogP contribution < -0.4 is 0 Å². The van der Waals surface area contributed by atoms with Crippen LogP contribution >= 0.6 is 0 Å². The van der Waals surface area contributed by atoms with E-state index < -0.39 is 4.65 Å². The fourth-order valence-electron chi connectivity index (χ4n) is 4.51. The minimum atomic E-state index is -0.413. The standard InChI is InChI=1S/C14H19N3O/c1-9-7-10-3-2-4-11(10)12-8-17(18)6-5-15-14(17)16-13(9)12/h5-6,9-12H,2-4,7-8H2,1H3. The average Bonchev–Trinajstić information content (AvgIpc) is 2.92. The van der Waals surface area contributed by atoms with Crippen molar-refractivity contribution in [3.05, 3.63) is 17.6 Å². The molecule has 0 saturated heterocycles. The van der Waals surface area contributed by atoms with Crippen molar-refractivity contribution in [1.29, 1.82) is 0 Å². The molecule has 2 aliphatic heterocycles. The summed E-state index contributed by atoms with van der Waals surface area (Å²) in [6, 6.07) is 0. The first-order valence-electron chi connectivity index (χ1n) is 7.11. The predicted octanol–water partition coefficient (Wildman–Crippen LogP) is 2.67. The van der Waals surface area contributed by atoms with E-state index in [-0.39, 0.29) is 0 Å². The molecule has 0 aromatic carbocycles. The summed E-state index contributed by atoms with van der Waals surface area (Å²) in [4.78, 5) is 8.79. The highest BCUT2D eigenvalue weighted by molar-refractivity contribution is 6.00. The monoisotopic (exact) mass is 245 g/mol. The van der Waals surface area contributed by atoms with E-state index in [2.05, 4.69) is 16.9 Å². The van der Waals surface area contributed by atoms with Gasteiger partial charge >= 0.3 is 5.96 Å². The van der Waals surface area contributed by atoms with Gasteiger partial charge in [0.25, 0.3) is 0 Å². The number of aliphatic imine (C=N–C) groups is 2. The van der Waals surface area contributed by atoms with Crippen molar-refractivity contribution in [2.75, 3.05) is 6.54 Å². The molecule has 4 aliphatic rings. The summed E-state index contributed by atoms with van der Waals surface area (Å²) in [5, 5.41) is 12.6. The molecule has 5 unspecified atom stereocenters. The van der Waals surface area contributed by atoms with Crippen LogP contribution in [0.5, 0.6) is 0 Å². The third kappa shape index (κ3) is 1.33. The van der Waals surface area contributed by atoms with Crippen LogP contribution in [0.1, 0.15) is 32.6 Å². The van der Waals surface area contributed by atoms with Crippen LogP contribution in [0.2, 0.25) is 0 Å². The van der Waals surface area contributed by atoms with Gasteiger partial charge in [-0.15, -0.1) is 0 Å². The van der Waals surface area contributed by atoms with Gasteiger partial charge in [-0.2, -0.15) is 9.98 Å². The van der Waals surface area contributed by atoms with Crippen LogP contribution in [-0.4, -0.2) is 22.9 Å². The number of fused-ring (bicyclic) bond motifs is 4.